The molecule has 0 spiro atoms. The molecule has 1 aromatic carbocycles. The Morgan fingerprint density at radius 3 is 2.36 bits per heavy atom. The van der Waals surface area contributed by atoms with Crippen LogP contribution in [0.25, 0.3) is 0 Å². The van der Waals surface area contributed by atoms with E-state index in [0.29, 0.717) is 6.42 Å². The lowest BCUT2D eigenvalue weighted by molar-refractivity contribution is -0.121. The molecular formula is C10H13ClFNO. The zero-order chi connectivity index (χ0) is 9.84. The molecule has 0 radical (unpaired) electrons. The van der Waals surface area contributed by atoms with Crippen LogP contribution in [0.1, 0.15) is 12.5 Å². The van der Waals surface area contributed by atoms with Crippen LogP contribution in [0.4, 0.5) is 4.39 Å². The second kappa shape index (κ2) is 5.60. The number of benzene rings is 1. The number of carbonyl (C=O) groups excluding carboxylic acids is 1. The van der Waals surface area contributed by atoms with Gasteiger partial charge in [-0.1, -0.05) is 19.1 Å². The number of nitrogens with two attached hydrogens (primary N) is 1. The Kier molecular flexibility index (Phi) is 5.16. The number of rotatable bonds is 3. The number of amides is 1. The summed E-state index contributed by atoms with van der Waals surface area (Å²) in [6, 6.07) is 6.08. The highest BCUT2D eigenvalue weighted by molar-refractivity contribution is 5.85. The van der Waals surface area contributed by atoms with Gasteiger partial charge in [0.1, 0.15) is 5.82 Å². The van der Waals surface area contributed by atoms with Gasteiger partial charge in [-0.25, -0.2) is 4.39 Å². The average Bonchev–Trinajstić information content (AvgIpc) is 2.08. The molecule has 0 fully saturated rings. The minimum atomic E-state index is -0.329. The molecule has 0 heterocycles. The molecule has 14 heavy (non-hydrogen) atoms. The lowest BCUT2D eigenvalue weighted by Gasteiger charge is -2.06. The van der Waals surface area contributed by atoms with Crippen LogP contribution >= 0.6 is 12.4 Å². The Balaban J connectivity index is 0.00000169. The van der Waals surface area contributed by atoms with Crippen LogP contribution in [0.15, 0.2) is 24.3 Å². The number of primary amides is 1. The van der Waals surface area contributed by atoms with Gasteiger partial charge in [-0.2, -0.15) is 0 Å². The molecule has 0 aromatic heterocycles. The van der Waals surface area contributed by atoms with Crippen molar-refractivity contribution in [2.75, 3.05) is 0 Å². The highest BCUT2D eigenvalue weighted by atomic mass is 35.5. The van der Waals surface area contributed by atoms with Crippen LogP contribution in [-0.2, 0) is 11.2 Å². The summed E-state index contributed by atoms with van der Waals surface area (Å²) in [4.78, 5) is 10.7. The van der Waals surface area contributed by atoms with Gasteiger partial charge in [-0.3, -0.25) is 4.79 Å². The summed E-state index contributed by atoms with van der Waals surface area (Å²) >= 11 is 0. The van der Waals surface area contributed by atoms with Gasteiger partial charge in [-0.05, 0) is 24.1 Å². The van der Waals surface area contributed by atoms with Gasteiger partial charge in [-0.15, -0.1) is 12.4 Å². The zero-order valence-electron chi connectivity index (χ0n) is 7.87. The molecule has 0 bridgehead atoms. The normalized spacial score (nSPS) is 11.6. The van der Waals surface area contributed by atoms with E-state index < -0.39 is 0 Å². The topological polar surface area (TPSA) is 43.1 Å². The van der Waals surface area contributed by atoms with Crippen molar-refractivity contribution in [3.63, 3.8) is 0 Å². The van der Waals surface area contributed by atoms with Crippen molar-refractivity contribution in [3.8, 4) is 0 Å². The fraction of sp³-hybridized carbons (Fsp3) is 0.300. The summed E-state index contributed by atoms with van der Waals surface area (Å²) in [6.07, 6.45) is 0.565. The van der Waals surface area contributed by atoms with E-state index >= 15 is 0 Å². The fourth-order valence-corrected chi connectivity index (χ4v) is 1.07. The van der Waals surface area contributed by atoms with Gasteiger partial charge in [0, 0.05) is 5.92 Å². The Bertz CT molecular complexity index is 299. The smallest absolute Gasteiger partial charge is 0.220 e. The van der Waals surface area contributed by atoms with Crippen molar-refractivity contribution in [1.82, 2.24) is 0 Å². The first-order valence-electron chi connectivity index (χ1n) is 4.13. The quantitative estimate of drug-likeness (QED) is 0.826. The largest absolute Gasteiger partial charge is 0.369 e. The molecule has 1 atom stereocenters. The summed E-state index contributed by atoms with van der Waals surface area (Å²) in [6.45, 7) is 1.76. The molecule has 2 nitrogen and oxygen atoms in total. The molecule has 1 aromatic rings. The van der Waals surface area contributed by atoms with Crippen molar-refractivity contribution in [2.24, 2.45) is 11.7 Å². The molecule has 1 amide bonds. The van der Waals surface area contributed by atoms with Gasteiger partial charge in [0.15, 0.2) is 0 Å². The number of halogens is 2. The molecular weight excluding hydrogens is 205 g/mol. The first kappa shape index (κ1) is 12.9. The lowest BCUT2D eigenvalue weighted by atomic mass is 10.0. The molecule has 0 aliphatic carbocycles. The van der Waals surface area contributed by atoms with Crippen LogP contribution in [0.3, 0.4) is 0 Å². The SMILES string of the molecule is CC(Cc1ccc(F)cc1)C(N)=O.Cl. The van der Waals surface area contributed by atoms with Crippen molar-refractivity contribution < 1.29 is 9.18 Å². The second-order valence-corrected chi connectivity index (χ2v) is 3.13. The van der Waals surface area contributed by atoms with Crippen molar-refractivity contribution in [1.29, 1.82) is 0 Å². The van der Waals surface area contributed by atoms with Crippen LogP contribution in [0.2, 0.25) is 0 Å². The molecule has 0 aliphatic rings. The van der Waals surface area contributed by atoms with Crippen LogP contribution in [-0.4, -0.2) is 5.91 Å². The van der Waals surface area contributed by atoms with Crippen LogP contribution in [0.5, 0.6) is 0 Å². The lowest BCUT2D eigenvalue weighted by Crippen LogP contribution is -2.22. The Labute approximate surface area is 88.7 Å². The summed E-state index contributed by atoms with van der Waals surface area (Å²) in [7, 11) is 0. The molecule has 1 unspecified atom stereocenters. The third kappa shape index (κ3) is 3.75. The monoisotopic (exact) mass is 217 g/mol. The molecule has 4 heteroatoms. The Hall–Kier alpha value is -1.09. The second-order valence-electron chi connectivity index (χ2n) is 3.13. The first-order valence-corrected chi connectivity index (χ1v) is 4.13. The first-order chi connectivity index (χ1) is 6.09. The number of hydrogen-bond donors (Lipinski definition) is 1. The van der Waals surface area contributed by atoms with Crippen molar-refractivity contribution in [2.45, 2.75) is 13.3 Å². The third-order valence-corrected chi connectivity index (χ3v) is 1.94. The van der Waals surface area contributed by atoms with Gasteiger partial charge in [0.05, 0.1) is 0 Å². The van der Waals surface area contributed by atoms with E-state index in [9.17, 15) is 9.18 Å². The summed E-state index contributed by atoms with van der Waals surface area (Å²) in [5.74, 6) is -0.801. The summed E-state index contributed by atoms with van der Waals surface area (Å²) in [5, 5.41) is 0. The average molecular weight is 218 g/mol. The maximum absolute atomic E-state index is 12.5. The number of carbonyl (C=O) groups is 1. The van der Waals surface area contributed by atoms with Gasteiger partial charge < -0.3 is 5.73 Å². The Morgan fingerprint density at radius 1 is 1.43 bits per heavy atom. The van der Waals surface area contributed by atoms with Crippen LogP contribution in [0, 0.1) is 11.7 Å². The third-order valence-electron chi connectivity index (χ3n) is 1.94. The minimum Gasteiger partial charge on any atom is -0.369 e. The van der Waals surface area contributed by atoms with Crippen molar-refractivity contribution >= 4 is 18.3 Å². The van der Waals surface area contributed by atoms with Gasteiger partial charge in [0.2, 0.25) is 5.91 Å². The number of hydrogen-bond acceptors (Lipinski definition) is 1. The molecule has 0 saturated heterocycles. The van der Waals surface area contributed by atoms with Gasteiger partial charge >= 0.3 is 0 Å². The van der Waals surface area contributed by atoms with E-state index in [1.807, 2.05) is 0 Å². The predicted octanol–water partition coefficient (Wildman–Crippen LogP) is 1.91. The Morgan fingerprint density at radius 2 is 1.93 bits per heavy atom. The maximum atomic E-state index is 12.5. The molecule has 0 aliphatic heterocycles. The summed E-state index contributed by atoms with van der Waals surface area (Å²) < 4.78 is 12.5. The molecule has 2 N–H and O–H groups in total. The molecule has 1 rings (SSSR count). The fourth-order valence-electron chi connectivity index (χ4n) is 1.07. The van der Waals surface area contributed by atoms with Gasteiger partial charge in [0.25, 0.3) is 0 Å². The van der Waals surface area contributed by atoms with E-state index in [4.69, 9.17) is 5.73 Å². The van der Waals surface area contributed by atoms with E-state index in [-0.39, 0.29) is 30.0 Å². The van der Waals surface area contributed by atoms with E-state index in [1.165, 1.54) is 12.1 Å². The highest BCUT2D eigenvalue weighted by Gasteiger charge is 2.08. The molecule has 0 saturated carbocycles. The van der Waals surface area contributed by atoms with E-state index in [2.05, 4.69) is 0 Å². The van der Waals surface area contributed by atoms with Crippen LogP contribution < -0.4 is 5.73 Å². The maximum Gasteiger partial charge on any atom is 0.220 e. The zero-order valence-corrected chi connectivity index (χ0v) is 8.68. The molecule has 78 valence electrons. The highest BCUT2D eigenvalue weighted by Crippen LogP contribution is 2.08. The van der Waals surface area contributed by atoms with E-state index in [1.54, 1.807) is 19.1 Å². The summed E-state index contributed by atoms with van der Waals surface area (Å²) in [5.41, 5.74) is 6.02. The van der Waals surface area contributed by atoms with E-state index in [0.717, 1.165) is 5.56 Å². The predicted molar refractivity (Wildman–Crippen MR) is 55.7 cm³/mol. The van der Waals surface area contributed by atoms with Crippen molar-refractivity contribution in [3.05, 3.63) is 35.6 Å². The minimum absolute atomic E-state index is 0. The standard InChI is InChI=1S/C10H12FNO.ClH/c1-7(10(12)13)6-8-2-4-9(11)5-3-8;/h2-5,7H,6H2,1H3,(H2,12,13);1H.